The maximum atomic E-state index is 10.1. The predicted molar refractivity (Wildman–Crippen MR) is 83.3 cm³/mol. The predicted octanol–water partition coefficient (Wildman–Crippen LogP) is 2.33. The highest BCUT2D eigenvalue weighted by molar-refractivity contribution is 6.30. The van der Waals surface area contributed by atoms with Crippen molar-refractivity contribution in [3.8, 4) is 0 Å². The topological polar surface area (TPSA) is 69.8 Å². The van der Waals surface area contributed by atoms with Gasteiger partial charge in [-0.3, -0.25) is 4.99 Å². The molecular formula is C15H18ClN3O2. The van der Waals surface area contributed by atoms with Crippen LogP contribution in [0.5, 0.6) is 0 Å². The van der Waals surface area contributed by atoms with Gasteiger partial charge in [-0.25, -0.2) is 0 Å². The van der Waals surface area contributed by atoms with E-state index in [0.717, 1.165) is 11.3 Å². The maximum absolute atomic E-state index is 10.1. The Morgan fingerprint density at radius 2 is 2.05 bits per heavy atom. The van der Waals surface area contributed by atoms with Crippen LogP contribution in [-0.2, 0) is 6.54 Å². The van der Waals surface area contributed by atoms with Gasteiger partial charge in [0.15, 0.2) is 5.96 Å². The van der Waals surface area contributed by atoms with Crippen LogP contribution in [0.2, 0.25) is 5.02 Å². The van der Waals surface area contributed by atoms with Crippen LogP contribution in [0.3, 0.4) is 0 Å². The Morgan fingerprint density at radius 1 is 1.29 bits per heavy atom. The molecule has 112 valence electrons. The van der Waals surface area contributed by atoms with Gasteiger partial charge in [0.1, 0.15) is 5.76 Å². The number of guanidine groups is 1. The van der Waals surface area contributed by atoms with Crippen LogP contribution in [0.15, 0.2) is 52.1 Å². The molecule has 0 aliphatic carbocycles. The average Bonchev–Trinajstić information content (AvgIpc) is 3.01. The standard InChI is InChI=1S/C15H18ClN3O2/c1-17-15(18-9-13-3-2-8-21-13)19-10-14(20)11-4-6-12(16)7-5-11/h2-8,14,20H,9-10H2,1H3,(H2,17,18,19). The summed E-state index contributed by atoms with van der Waals surface area (Å²) in [6.07, 6.45) is 0.988. The van der Waals surface area contributed by atoms with Crippen molar-refractivity contribution in [3.63, 3.8) is 0 Å². The Kier molecular flexibility index (Phi) is 5.66. The lowest BCUT2D eigenvalue weighted by atomic mass is 10.1. The summed E-state index contributed by atoms with van der Waals surface area (Å²) in [5.74, 6) is 1.41. The smallest absolute Gasteiger partial charge is 0.191 e. The number of furan rings is 1. The number of aliphatic hydroxyl groups is 1. The molecule has 0 aliphatic heterocycles. The van der Waals surface area contributed by atoms with Crippen molar-refractivity contribution in [1.29, 1.82) is 0 Å². The van der Waals surface area contributed by atoms with Crippen LogP contribution < -0.4 is 10.6 Å². The Morgan fingerprint density at radius 3 is 2.67 bits per heavy atom. The molecule has 2 rings (SSSR count). The van der Waals surface area contributed by atoms with E-state index in [4.69, 9.17) is 16.0 Å². The van der Waals surface area contributed by atoms with E-state index in [2.05, 4.69) is 15.6 Å². The average molecular weight is 308 g/mol. The molecule has 0 saturated carbocycles. The van der Waals surface area contributed by atoms with E-state index in [9.17, 15) is 5.11 Å². The monoisotopic (exact) mass is 307 g/mol. The number of hydrogen-bond acceptors (Lipinski definition) is 3. The van der Waals surface area contributed by atoms with Crippen LogP contribution in [0.1, 0.15) is 17.4 Å². The number of nitrogens with zero attached hydrogens (tertiary/aromatic N) is 1. The van der Waals surface area contributed by atoms with Crippen molar-refractivity contribution >= 4 is 17.6 Å². The molecular weight excluding hydrogens is 290 g/mol. The van der Waals surface area contributed by atoms with E-state index >= 15 is 0 Å². The number of hydrogen-bond donors (Lipinski definition) is 3. The minimum atomic E-state index is -0.635. The Bertz CT molecular complexity index is 567. The van der Waals surface area contributed by atoms with Crippen LogP contribution in [0.4, 0.5) is 0 Å². The summed E-state index contributed by atoms with van der Waals surface area (Å²) >= 11 is 5.82. The largest absolute Gasteiger partial charge is 0.467 e. The molecule has 0 spiro atoms. The van der Waals surface area contributed by atoms with Gasteiger partial charge in [0.2, 0.25) is 0 Å². The summed E-state index contributed by atoms with van der Waals surface area (Å²) in [5, 5.41) is 16.9. The second-order valence-corrected chi connectivity index (χ2v) is 4.89. The quantitative estimate of drug-likeness (QED) is 0.586. The molecule has 1 unspecified atom stereocenters. The molecule has 1 aromatic heterocycles. The van der Waals surface area contributed by atoms with E-state index in [1.54, 1.807) is 37.6 Å². The zero-order valence-corrected chi connectivity index (χ0v) is 12.5. The van der Waals surface area contributed by atoms with Crippen molar-refractivity contribution in [2.24, 2.45) is 4.99 Å². The third-order valence-electron chi connectivity index (χ3n) is 2.95. The van der Waals surface area contributed by atoms with Crippen LogP contribution in [-0.4, -0.2) is 24.7 Å². The molecule has 0 radical (unpaired) electrons. The van der Waals surface area contributed by atoms with Crippen molar-refractivity contribution in [2.45, 2.75) is 12.6 Å². The molecule has 6 heteroatoms. The minimum absolute atomic E-state index is 0.347. The van der Waals surface area contributed by atoms with E-state index < -0.39 is 6.10 Å². The molecule has 3 N–H and O–H groups in total. The summed E-state index contributed by atoms with van der Waals surface area (Å²) in [6.45, 7) is 0.878. The highest BCUT2D eigenvalue weighted by atomic mass is 35.5. The summed E-state index contributed by atoms with van der Waals surface area (Å²) in [4.78, 5) is 4.09. The SMILES string of the molecule is CN=C(NCc1ccco1)NCC(O)c1ccc(Cl)cc1. The molecule has 1 heterocycles. The van der Waals surface area contributed by atoms with Crippen molar-refractivity contribution in [1.82, 2.24) is 10.6 Å². The highest BCUT2D eigenvalue weighted by Gasteiger charge is 2.08. The fourth-order valence-corrected chi connectivity index (χ4v) is 1.93. The number of nitrogens with one attached hydrogen (secondary N) is 2. The van der Waals surface area contributed by atoms with Gasteiger partial charge in [-0.1, -0.05) is 23.7 Å². The molecule has 0 amide bonds. The van der Waals surface area contributed by atoms with E-state index in [-0.39, 0.29) is 0 Å². The van der Waals surface area contributed by atoms with E-state index in [0.29, 0.717) is 24.1 Å². The summed E-state index contributed by atoms with van der Waals surface area (Å²) in [6, 6.07) is 10.8. The van der Waals surface area contributed by atoms with Crippen molar-refractivity contribution in [2.75, 3.05) is 13.6 Å². The van der Waals surface area contributed by atoms with Gasteiger partial charge in [-0.15, -0.1) is 0 Å². The summed E-state index contributed by atoms with van der Waals surface area (Å²) in [7, 11) is 1.67. The van der Waals surface area contributed by atoms with Crippen LogP contribution in [0, 0.1) is 0 Å². The van der Waals surface area contributed by atoms with Gasteiger partial charge < -0.3 is 20.2 Å². The number of aliphatic imine (C=N–C) groups is 1. The Labute approximate surface area is 128 Å². The lowest BCUT2D eigenvalue weighted by Gasteiger charge is -2.15. The molecule has 0 bridgehead atoms. The highest BCUT2D eigenvalue weighted by Crippen LogP contribution is 2.15. The second kappa shape index (κ2) is 7.71. The molecule has 1 aromatic carbocycles. The van der Waals surface area contributed by atoms with Gasteiger partial charge in [-0.2, -0.15) is 0 Å². The lowest BCUT2D eigenvalue weighted by Crippen LogP contribution is -2.38. The zero-order valence-electron chi connectivity index (χ0n) is 11.7. The number of halogens is 1. The number of benzene rings is 1. The van der Waals surface area contributed by atoms with Crippen LogP contribution >= 0.6 is 11.6 Å². The van der Waals surface area contributed by atoms with Crippen LogP contribution in [0.25, 0.3) is 0 Å². The summed E-state index contributed by atoms with van der Waals surface area (Å²) < 4.78 is 5.23. The normalized spacial score (nSPS) is 13.0. The van der Waals surface area contributed by atoms with Gasteiger partial charge in [-0.05, 0) is 29.8 Å². The number of rotatable bonds is 5. The van der Waals surface area contributed by atoms with E-state index in [1.807, 2.05) is 12.1 Å². The summed E-state index contributed by atoms with van der Waals surface area (Å²) in [5.41, 5.74) is 0.799. The first kappa shape index (κ1) is 15.4. The minimum Gasteiger partial charge on any atom is -0.467 e. The van der Waals surface area contributed by atoms with Gasteiger partial charge >= 0.3 is 0 Å². The van der Waals surface area contributed by atoms with Crippen molar-refractivity contribution < 1.29 is 9.52 Å². The fourth-order valence-electron chi connectivity index (χ4n) is 1.80. The molecule has 5 nitrogen and oxygen atoms in total. The first-order valence-corrected chi connectivity index (χ1v) is 6.97. The lowest BCUT2D eigenvalue weighted by molar-refractivity contribution is 0.181. The zero-order chi connectivity index (χ0) is 15.1. The molecule has 1 atom stereocenters. The first-order chi connectivity index (χ1) is 10.2. The third-order valence-corrected chi connectivity index (χ3v) is 3.20. The first-order valence-electron chi connectivity index (χ1n) is 6.59. The van der Waals surface area contributed by atoms with Crippen molar-refractivity contribution in [3.05, 3.63) is 59.0 Å². The molecule has 0 saturated heterocycles. The van der Waals surface area contributed by atoms with E-state index in [1.165, 1.54) is 0 Å². The fraction of sp³-hybridized carbons (Fsp3) is 0.267. The Hall–Kier alpha value is -1.98. The number of aliphatic hydroxyl groups excluding tert-OH is 1. The second-order valence-electron chi connectivity index (χ2n) is 4.45. The van der Waals surface area contributed by atoms with Gasteiger partial charge in [0.25, 0.3) is 0 Å². The Balaban J connectivity index is 1.81. The van der Waals surface area contributed by atoms with Gasteiger partial charge in [0.05, 0.1) is 18.9 Å². The molecule has 2 aromatic rings. The van der Waals surface area contributed by atoms with Gasteiger partial charge in [0, 0.05) is 18.6 Å². The third kappa shape index (κ3) is 4.81. The maximum Gasteiger partial charge on any atom is 0.191 e. The molecule has 0 fully saturated rings. The molecule has 21 heavy (non-hydrogen) atoms. The molecule has 0 aliphatic rings.